The van der Waals surface area contributed by atoms with Crippen molar-refractivity contribution in [1.29, 1.82) is 0 Å². The van der Waals surface area contributed by atoms with E-state index in [1.165, 1.54) is 0 Å². The number of halogens is 1. The quantitative estimate of drug-likeness (QED) is 0.366. The number of nitrogens with zero attached hydrogens (tertiary/aromatic N) is 2. The molecule has 2 aromatic carbocycles. The van der Waals surface area contributed by atoms with Gasteiger partial charge in [-0.2, -0.15) is 0 Å². The summed E-state index contributed by atoms with van der Waals surface area (Å²) in [7, 11) is 0. The highest BCUT2D eigenvalue weighted by Gasteiger charge is 2.51. The van der Waals surface area contributed by atoms with Crippen molar-refractivity contribution in [2.24, 2.45) is 10.8 Å². The van der Waals surface area contributed by atoms with Gasteiger partial charge in [-0.1, -0.05) is 56.6 Å². The second-order valence-electron chi connectivity index (χ2n) is 12.9. The summed E-state index contributed by atoms with van der Waals surface area (Å²) in [5, 5.41) is 0.554. The fourth-order valence-electron chi connectivity index (χ4n) is 7.48. The summed E-state index contributed by atoms with van der Waals surface area (Å²) >= 11 is 6.23. The highest BCUT2D eigenvalue weighted by molar-refractivity contribution is 6.30. The van der Waals surface area contributed by atoms with E-state index >= 15 is 0 Å². The number of rotatable bonds is 6. The summed E-state index contributed by atoms with van der Waals surface area (Å²) in [6, 6.07) is 15.1. The van der Waals surface area contributed by atoms with Gasteiger partial charge < -0.3 is 14.5 Å². The summed E-state index contributed by atoms with van der Waals surface area (Å²) < 4.78 is 5.40. The van der Waals surface area contributed by atoms with Crippen LogP contribution in [0.15, 0.2) is 59.8 Å². The Morgan fingerprint density at radius 2 is 1.80 bits per heavy atom. The molecule has 0 radical (unpaired) electrons. The van der Waals surface area contributed by atoms with E-state index in [9.17, 15) is 14.4 Å². The maximum Gasteiger partial charge on any atom is 0.336 e. The van der Waals surface area contributed by atoms with Crippen LogP contribution in [0.4, 0.5) is 0 Å². The second-order valence-corrected chi connectivity index (χ2v) is 13.3. The highest BCUT2D eigenvalue weighted by atomic mass is 35.5. The molecule has 7 heteroatoms. The second kappa shape index (κ2) is 10.7. The van der Waals surface area contributed by atoms with Crippen LogP contribution in [-0.2, 0) is 20.9 Å². The monoisotopic (exact) mass is 562 g/mol. The molecule has 1 aliphatic carbocycles. The summed E-state index contributed by atoms with van der Waals surface area (Å²) in [5.74, 6) is -0.836. The predicted octanol–water partition coefficient (Wildman–Crippen LogP) is 6.73. The minimum atomic E-state index is -0.423. The molecule has 0 spiro atoms. The Bertz CT molecular complexity index is 1360. The third-order valence-corrected chi connectivity index (χ3v) is 9.02. The van der Waals surface area contributed by atoms with Crippen LogP contribution >= 0.6 is 11.6 Å². The lowest BCUT2D eigenvalue weighted by atomic mass is 9.65. The van der Waals surface area contributed by atoms with Gasteiger partial charge in [0.25, 0.3) is 5.91 Å². The molecule has 6 nitrogen and oxygen atoms in total. The number of ether oxygens (including phenoxy) is 1. The Labute approximate surface area is 242 Å². The van der Waals surface area contributed by atoms with Crippen LogP contribution < -0.4 is 0 Å². The van der Waals surface area contributed by atoms with E-state index in [0.29, 0.717) is 28.4 Å². The van der Waals surface area contributed by atoms with Crippen LogP contribution in [0.25, 0.3) is 0 Å². The zero-order valence-electron chi connectivity index (χ0n) is 24.1. The minimum absolute atomic E-state index is 0.0733. The first-order valence-electron chi connectivity index (χ1n) is 14.2. The van der Waals surface area contributed by atoms with E-state index in [4.69, 9.17) is 16.3 Å². The molecule has 0 N–H and O–H groups in total. The zero-order valence-corrected chi connectivity index (χ0v) is 24.9. The SMILES string of the molecule is CCOC(=O)C1=C(C)N(Cc2ccc(C(=O)N3CC4(C)CC3CC(C)(C)C4)cc2)C(=O)CC1c1cccc(Cl)c1. The van der Waals surface area contributed by atoms with E-state index in [-0.39, 0.29) is 41.7 Å². The molecule has 2 heterocycles. The van der Waals surface area contributed by atoms with Crippen LogP contribution in [0, 0.1) is 10.8 Å². The van der Waals surface area contributed by atoms with Gasteiger partial charge >= 0.3 is 5.97 Å². The van der Waals surface area contributed by atoms with Crippen molar-refractivity contribution >= 4 is 29.4 Å². The largest absolute Gasteiger partial charge is 0.463 e. The lowest BCUT2D eigenvalue weighted by Gasteiger charge is -2.39. The molecule has 212 valence electrons. The number of hydrogen-bond donors (Lipinski definition) is 0. The number of likely N-dealkylation sites (tertiary alicyclic amines) is 1. The lowest BCUT2D eigenvalue weighted by molar-refractivity contribution is -0.140. The third-order valence-electron chi connectivity index (χ3n) is 8.79. The number of fused-ring (bicyclic) bond motifs is 2. The summed E-state index contributed by atoms with van der Waals surface area (Å²) in [6.45, 7) is 11.9. The van der Waals surface area contributed by atoms with Crippen LogP contribution in [0.5, 0.6) is 0 Å². The molecule has 40 heavy (non-hydrogen) atoms. The average molecular weight is 563 g/mol. The van der Waals surface area contributed by atoms with E-state index < -0.39 is 11.9 Å². The molecule has 2 aliphatic heterocycles. The van der Waals surface area contributed by atoms with Crippen molar-refractivity contribution < 1.29 is 19.1 Å². The maximum atomic E-state index is 13.5. The van der Waals surface area contributed by atoms with Gasteiger partial charge in [0.2, 0.25) is 5.91 Å². The van der Waals surface area contributed by atoms with Gasteiger partial charge in [-0.15, -0.1) is 0 Å². The Balaban J connectivity index is 1.36. The molecular weight excluding hydrogens is 524 g/mol. The number of esters is 1. The fraction of sp³-hybridized carbons (Fsp3) is 0.485. The van der Waals surface area contributed by atoms with Gasteiger partial charge in [-0.25, -0.2) is 4.79 Å². The highest BCUT2D eigenvalue weighted by Crippen LogP contribution is 2.52. The fourth-order valence-corrected chi connectivity index (χ4v) is 7.68. The normalized spacial score (nSPS) is 25.8. The predicted molar refractivity (Wildman–Crippen MR) is 156 cm³/mol. The zero-order chi connectivity index (χ0) is 28.8. The summed E-state index contributed by atoms with van der Waals surface area (Å²) in [6.07, 6.45) is 3.39. The molecule has 2 bridgehead atoms. The number of carbonyl (C=O) groups is 3. The van der Waals surface area contributed by atoms with Gasteiger partial charge in [0, 0.05) is 41.2 Å². The first kappa shape index (κ1) is 28.4. The van der Waals surface area contributed by atoms with Gasteiger partial charge in [-0.05, 0) is 79.3 Å². The minimum Gasteiger partial charge on any atom is -0.463 e. The van der Waals surface area contributed by atoms with Crippen molar-refractivity contribution in [1.82, 2.24) is 9.80 Å². The maximum absolute atomic E-state index is 13.5. The molecular formula is C33H39ClN2O4. The Morgan fingerprint density at radius 1 is 1.07 bits per heavy atom. The number of carbonyl (C=O) groups excluding carboxylic acids is 3. The van der Waals surface area contributed by atoms with Crippen molar-refractivity contribution in [3.05, 3.63) is 81.5 Å². The molecule has 2 amide bonds. The number of hydrogen-bond acceptors (Lipinski definition) is 4. The van der Waals surface area contributed by atoms with Gasteiger partial charge in [0.05, 0.1) is 18.7 Å². The molecule has 1 saturated heterocycles. The molecule has 2 aromatic rings. The topological polar surface area (TPSA) is 66.9 Å². The van der Waals surface area contributed by atoms with Gasteiger partial charge in [0.1, 0.15) is 0 Å². The molecule has 3 atom stereocenters. The standard InChI is InChI=1S/C33H39ClN2O4/c1-6-40-31(39)29-21(2)35(28(37)15-27(29)24-8-7-9-25(34)14-24)18-22-10-12-23(13-11-22)30(38)36-20-33(5)17-26(36)16-32(3,4)19-33/h7-14,26-27H,6,15-20H2,1-5H3. The Kier molecular flexibility index (Phi) is 7.60. The average Bonchev–Trinajstić information content (AvgIpc) is 3.14. The number of allylic oxidation sites excluding steroid dienone is 1. The van der Waals surface area contributed by atoms with E-state index in [0.717, 1.165) is 36.9 Å². The number of amides is 2. The summed E-state index contributed by atoms with van der Waals surface area (Å²) in [5.41, 5.74) is 3.86. The number of benzene rings is 2. The molecule has 3 aliphatic rings. The first-order chi connectivity index (χ1) is 18.9. The van der Waals surface area contributed by atoms with E-state index in [1.54, 1.807) is 30.9 Å². The lowest BCUT2D eigenvalue weighted by Crippen LogP contribution is -2.38. The van der Waals surface area contributed by atoms with Crippen molar-refractivity contribution in [2.75, 3.05) is 13.2 Å². The smallest absolute Gasteiger partial charge is 0.336 e. The van der Waals surface area contributed by atoms with Gasteiger partial charge in [-0.3, -0.25) is 9.59 Å². The van der Waals surface area contributed by atoms with E-state index in [2.05, 4.69) is 25.7 Å². The first-order valence-corrected chi connectivity index (χ1v) is 14.6. The van der Waals surface area contributed by atoms with Crippen molar-refractivity contribution in [3.8, 4) is 0 Å². The third kappa shape index (κ3) is 5.56. The molecule has 2 fully saturated rings. The van der Waals surface area contributed by atoms with Crippen LogP contribution in [-0.4, -0.2) is 46.8 Å². The Hall–Kier alpha value is -3.12. The Morgan fingerprint density at radius 3 is 2.48 bits per heavy atom. The van der Waals surface area contributed by atoms with Crippen LogP contribution in [0.3, 0.4) is 0 Å². The van der Waals surface area contributed by atoms with Crippen molar-refractivity contribution in [2.45, 2.75) is 78.8 Å². The van der Waals surface area contributed by atoms with Crippen molar-refractivity contribution in [3.63, 3.8) is 0 Å². The molecule has 5 rings (SSSR count). The van der Waals surface area contributed by atoms with E-state index in [1.807, 2.05) is 36.4 Å². The molecule has 0 aromatic heterocycles. The van der Waals surface area contributed by atoms with Crippen LogP contribution in [0.1, 0.15) is 87.7 Å². The summed E-state index contributed by atoms with van der Waals surface area (Å²) in [4.78, 5) is 43.7. The molecule has 1 saturated carbocycles. The van der Waals surface area contributed by atoms with Gasteiger partial charge in [0.15, 0.2) is 0 Å². The van der Waals surface area contributed by atoms with Crippen LogP contribution in [0.2, 0.25) is 5.02 Å². The molecule has 3 unspecified atom stereocenters.